The molecule has 1 heterocycles. The molecule has 1 fully saturated rings. The largest absolute Gasteiger partial charge is 0.300 e. The van der Waals surface area contributed by atoms with Crippen LogP contribution in [0.1, 0.15) is 45.6 Å². The molecule has 1 heteroatoms. The summed E-state index contributed by atoms with van der Waals surface area (Å²) in [5.74, 6) is 0.763. The van der Waals surface area contributed by atoms with Gasteiger partial charge in [-0.2, -0.15) is 0 Å². The molecule has 1 nitrogen and oxygen atoms in total. The Bertz CT molecular complexity index is 279. The molecule has 0 saturated carbocycles. The van der Waals surface area contributed by atoms with Crippen molar-refractivity contribution in [2.24, 2.45) is 0 Å². The molecule has 1 atom stereocenters. The van der Waals surface area contributed by atoms with Gasteiger partial charge >= 0.3 is 0 Å². The topological polar surface area (TPSA) is 3.24 Å². The van der Waals surface area contributed by atoms with Crippen molar-refractivity contribution in [3.8, 4) is 0 Å². The van der Waals surface area contributed by atoms with Crippen molar-refractivity contribution in [1.82, 2.24) is 4.90 Å². The first-order valence-corrected chi connectivity index (χ1v) is 6.56. The lowest BCUT2D eigenvalue weighted by molar-refractivity contribution is 0.272. The highest BCUT2D eigenvalue weighted by atomic mass is 15.2. The second-order valence-corrected chi connectivity index (χ2v) is 4.48. The molecule has 0 spiro atoms. The smallest absolute Gasteiger partial charge is 0.00535 e. The molecule has 1 aliphatic heterocycles. The maximum Gasteiger partial charge on any atom is 0.00535 e. The summed E-state index contributed by atoms with van der Waals surface area (Å²) < 4.78 is 0. The Morgan fingerprint density at radius 1 is 1.12 bits per heavy atom. The monoisotopic (exact) mass is 219 g/mol. The van der Waals surface area contributed by atoms with Crippen molar-refractivity contribution in [3.63, 3.8) is 0 Å². The molecule has 1 aromatic carbocycles. The number of rotatable bonds is 2. The quantitative estimate of drug-likeness (QED) is 0.729. The number of nitrogens with zero attached hydrogens (tertiary/aromatic N) is 1. The molecule has 0 N–H and O–H groups in total. The fraction of sp³-hybridized carbons (Fsp3) is 0.600. The van der Waals surface area contributed by atoms with Crippen LogP contribution in [-0.4, -0.2) is 24.0 Å². The van der Waals surface area contributed by atoms with Crippen LogP contribution in [0.25, 0.3) is 0 Å². The highest BCUT2D eigenvalue weighted by Gasteiger charge is 2.24. The molecule has 0 radical (unpaired) electrons. The third-order valence-corrected chi connectivity index (χ3v) is 3.22. The van der Waals surface area contributed by atoms with E-state index in [1.807, 2.05) is 13.8 Å². The molecule has 0 bridgehead atoms. The van der Waals surface area contributed by atoms with Gasteiger partial charge in [-0.15, -0.1) is 0 Å². The minimum Gasteiger partial charge on any atom is -0.300 e. The van der Waals surface area contributed by atoms with Gasteiger partial charge in [0.05, 0.1) is 0 Å². The fourth-order valence-corrected chi connectivity index (χ4v) is 2.25. The summed E-state index contributed by atoms with van der Waals surface area (Å²) in [4.78, 5) is 2.57. The summed E-state index contributed by atoms with van der Waals surface area (Å²) in [5.41, 5.74) is 1.51. The zero-order valence-electron chi connectivity index (χ0n) is 11.1. The van der Waals surface area contributed by atoms with Crippen LogP contribution >= 0.6 is 0 Å². The Balaban J connectivity index is 0.000000606. The van der Waals surface area contributed by atoms with E-state index in [1.54, 1.807) is 0 Å². The SMILES string of the molecule is CC.CC(C)N1CCC(c2ccccc2)C1. The molecule has 0 amide bonds. The molecule has 1 unspecified atom stereocenters. The first-order chi connectivity index (χ1) is 7.77. The molecule has 0 aliphatic carbocycles. The number of hydrogen-bond acceptors (Lipinski definition) is 1. The lowest BCUT2D eigenvalue weighted by Crippen LogP contribution is -2.27. The van der Waals surface area contributed by atoms with Crippen molar-refractivity contribution in [2.75, 3.05) is 13.1 Å². The van der Waals surface area contributed by atoms with Crippen molar-refractivity contribution in [2.45, 2.75) is 46.1 Å². The average molecular weight is 219 g/mol. The number of likely N-dealkylation sites (tertiary alicyclic amines) is 1. The zero-order chi connectivity index (χ0) is 12.0. The second-order valence-electron chi connectivity index (χ2n) is 4.48. The Labute approximate surface area is 100 Å². The van der Waals surface area contributed by atoms with E-state index in [1.165, 1.54) is 25.1 Å². The predicted molar refractivity (Wildman–Crippen MR) is 71.9 cm³/mol. The lowest BCUT2D eigenvalue weighted by Gasteiger charge is -2.20. The Kier molecular flexibility index (Phi) is 5.54. The molecule has 16 heavy (non-hydrogen) atoms. The summed E-state index contributed by atoms with van der Waals surface area (Å²) >= 11 is 0. The number of hydrogen-bond donors (Lipinski definition) is 0. The Hall–Kier alpha value is -0.820. The van der Waals surface area contributed by atoms with Crippen LogP contribution in [0.15, 0.2) is 30.3 Å². The Morgan fingerprint density at radius 3 is 2.25 bits per heavy atom. The van der Waals surface area contributed by atoms with E-state index in [9.17, 15) is 0 Å². The van der Waals surface area contributed by atoms with Crippen LogP contribution in [0.2, 0.25) is 0 Å². The highest BCUT2D eigenvalue weighted by molar-refractivity contribution is 5.21. The normalized spacial score (nSPS) is 20.7. The van der Waals surface area contributed by atoms with Gasteiger partial charge in [-0.25, -0.2) is 0 Å². The van der Waals surface area contributed by atoms with E-state index < -0.39 is 0 Å². The van der Waals surface area contributed by atoms with Crippen LogP contribution in [0.5, 0.6) is 0 Å². The summed E-state index contributed by atoms with van der Waals surface area (Å²) in [7, 11) is 0. The lowest BCUT2D eigenvalue weighted by atomic mass is 9.99. The predicted octanol–water partition coefficient (Wildman–Crippen LogP) is 3.91. The Morgan fingerprint density at radius 2 is 1.75 bits per heavy atom. The van der Waals surface area contributed by atoms with E-state index in [2.05, 4.69) is 49.1 Å². The minimum absolute atomic E-state index is 0.698. The third kappa shape index (κ3) is 3.34. The maximum absolute atomic E-state index is 2.57. The van der Waals surface area contributed by atoms with Gasteiger partial charge in [0.2, 0.25) is 0 Å². The summed E-state index contributed by atoms with van der Waals surface area (Å²) in [6.45, 7) is 11.1. The van der Waals surface area contributed by atoms with E-state index >= 15 is 0 Å². The van der Waals surface area contributed by atoms with E-state index in [-0.39, 0.29) is 0 Å². The second kappa shape index (κ2) is 6.70. The average Bonchev–Trinajstić information content (AvgIpc) is 2.82. The molecule has 2 rings (SSSR count). The molecule has 90 valence electrons. The van der Waals surface area contributed by atoms with Gasteiger partial charge in [-0.1, -0.05) is 44.2 Å². The molecular weight excluding hydrogens is 194 g/mol. The first kappa shape index (κ1) is 13.2. The zero-order valence-corrected chi connectivity index (χ0v) is 11.1. The summed E-state index contributed by atoms with van der Waals surface area (Å²) in [6.07, 6.45) is 1.32. The summed E-state index contributed by atoms with van der Waals surface area (Å²) in [5, 5.41) is 0. The fourth-order valence-electron chi connectivity index (χ4n) is 2.25. The van der Waals surface area contributed by atoms with Crippen LogP contribution in [-0.2, 0) is 0 Å². The summed E-state index contributed by atoms with van der Waals surface area (Å²) in [6, 6.07) is 11.6. The minimum atomic E-state index is 0.698. The van der Waals surface area contributed by atoms with Gasteiger partial charge in [-0.3, -0.25) is 0 Å². The third-order valence-electron chi connectivity index (χ3n) is 3.22. The van der Waals surface area contributed by atoms with Crippen molar-refractivity contribution < 1.29 is 0 Å². The van der Waals surface area contributed by atoms with Crippen LogP contribution < -0.4 is 0 Å². The van der Waals surface area contributed by atoms with Crippen LogP contribution in [0.3, 0.4) is 0 Å². The van der Waals surface area contributed by atoms with Crippen LogP contribution in [0, 0.1) is 0 Å². The van der Waals surface area contributed by atoms with Gasteiger partial charge in [-0.05, 0) is 38.3 Å². The van der Waals surface area contributed by atoms with Crippen LogP contribution in [0.4, 0.5) is 0 Å². The van der Waals surface area contributed by atoms with Gasteiger partial charge in [0.25, 0.3) is 0 Å². The van der Waals surface area contributed by atoms with Gasteiger partial charge in [0.15, 0.2) is 0 Å². The molecular formula is C15H25N. The van der Waals surface area contributed by atoms with E-state index in [0.717, 1.165) is 5.92 Å². The molecule has 1 saturated heterocycles. The first-order valence-electron chi connectivity index (χ1n) is 6.56. The molecule has 1 aromatic rings. The van der Waals surface area contributed by atoms with Crippen molar-refractivity contribution >= 4 is 0 Å². The van der Waals surface area contributed by atoms with Gasteiger partial charge in [0.1, 0.15) is 0 Å². The van der Waals surface area contributed by atoms with Crippen molar-refractivity contribution in [3.05, 3.63) is 35.9 Å². The number of benzene rings is 1. The molecule has 1 aliphatic rings. The van der Waals surface area contributed by atoms with Gasteiger partial charge in [0, 0.05) is 12.6 Å². The van der Waals surface area contributed by atoms with Crippen molar-refractivity contribution in [1.29, 1.82) is 0 Å². The van der Waals surface area contributed by atoms with Gasteiger partial charge < -0.3 is 4.90 Å². The maximum atomic E-state index is 2.57. The molecule has 0 aromatic heterocycles. The van der Waals surface area contributed by atoms with E-state index in [4.69, 9.17) is 0 Å². The highest BCUT2D eigenvalue weighted by Crippen LogP contribution is 2.27. The van der Waals surface area contributed by atoms with E-state index in [0.29, 0.717) is 6.04 Å². The standard InChI is InChI=1S/C13H19N.C2H6/c1-11(2)14-9-8-13(10-14)12-6-4-3-5-7-12;1-2/h3-7,11,13H,8-10H2,1-2H3;1-2H3.